The van der Waals surface area contributed by atoms with Crippen molar-refractivity contribution < 1.29 is 9.80 Å². The Morgan fingerprint density at radius 1 is 1.16 bits per heavy atom. The van der Waals surface area contributed by atoms with E-state index < -0.39 is 0 Å². The van der Waals surface area contributed by atoms with E-state index in [1.807, 2.05) is 22.9 Å². The standard InChI is InChI=1S/C18H27ClN6/c1-5-23-10-12-24(13-11-23)16(14-8-6-7-9-15(14)19)17-20-21-22-25(17)18(2,3)4/h6-9,16H,5,10-13H2,1-4H3/p+2/t16-/m1/s1. The summed E-state index contributed by atoms with van der Waals surface area (Å²) in [6, 6.07) is 8.15. The van der Waals surface area contributed by atoms with Gasteiger partial charge in [-0.1, -0.05) is 29.8 Å². The Labute approximate surface area is 154 Å². The Kier molecular flexibility index (Phi) is 5.41. The monoisotopic (exact) mass is 364 g/mol. The van der Waals surface area contributed by atoms with Crippen LogP contribution in [0.5, 0.6) is 0 Å². The molecule has 1 aromatic heterocycles. The van der Waals surface area contributed by atoms with Crippen molar-refractivity contribution in [1.29, 1.82) is 0 Å². The Hall–Kier alpha value is -1.50. The molecule has 2 N–H and O–H groups in total. The number of hydrogen-bond acceptors (Lipinski definition) is 3. The van der Waals surface area contributed by atoms with Crippen LogP contribution in [0.25, 0.3) is 0 Å². The van der Waals surface area contributed by atoms with Gasteiger partial charge in [0.05, 0.1) is 17.1 Å². The Balaban J connectivity index is 2.02. The van der Waals surface area contributed by atoms with Crippen molar-refractivity contribution in [3.8, 4) is 0 Å². The molecule has 0 amide bonds. The van der Waals surface area contributed by atoms with Gasteiger partial charge in [-0.05, 0) is 44.2 Å². The topological polar surface area (TPSA) is 52.5 Å². The van der Waals surface area contributed by atoms with Crippen molar-refractivity contribution >= 4 is 11.6 Å². The lowest BCUT2D eigenvalue weighted by Crippen LogP contribution is -3.28. The van der Waals surface area contributed by atoms with Crippen molar-refractivity contribution in [2.45, 2.75) is 39.3 Å². The van der Waals surface area contributed by atoms with Crippen LogP contribution in [-0.4, -0.2) is 52.9 Å². The summed E-state index contributed by atoms with van der Waals surface area (Å²) in [5.74, 6) is 0.899. The van der Waals surface area contributed by atoms with E-state index in [0.29, 0.717) is 0 Å². The van der Waals surface area contributed by atoms with Crippen LogP contribution in [0.15, 0.2) is 24.3 Å². The first kappa shape index (κ1) is 18.3. The highest BCUT2D eigenvalue weighted by Crippen LogP contribution is 2.27. The van der Waals surface area contributed by atoms with Crippen LogP contribution in [-0.2, 0) is 5.54 Å². The molecule has 0 bridgehead atoms. The molecule has 1 aliphatic rings. The summed E-state index contributed by atoms with van der Waals surface area (Å²) >= 11 is 6.58. The highest BCUT2D eigenvalue weighted by atomic mass is 35.5. The molecule has 6 nitrogen and oxygen atoms in total. The van der Waals surface area contributed by atoms with Gasteiger partial charge in [0.1, 0.15) is 26.2 Å². The third-order valence-electron chi connectivity index (χ3n) is 5.11. The number of benzene rings is 1. The molecular formula is C18H29ClN6+2. The molecule has 0 unspecified atom stereocenters. The molecule has 1 fully saturated rings. The highest BCUT2D eigenvalue weighted by Gasteiger charge is 2.38. The molecule has 25 heavy (non-hydrogen) atoms. The van der Waals surface area contributed by atoms with Crippen LogP contribution in [0, 0.1) is 0 Å². The lowest BCUT2D eigenvalue weighted by atomic mass is 10.0. The maximum Gasteiger partial charge on any atom is 0.214 e. The predicted octanol–water partition coefficient (Wildman–Crippen LogP) is -0.0258. The average Bonchev–Trinajstić information content (AvgIpc) is 3.07. The smallest absolute Gasteiger partial charge is 0.214 e. The molecule has 0 radical (unpaired) electrons. The number of nitrogens with one attached hydrogen (secondary N) is 2. The van der Waals surface area contributed by atoms with Crippen molar-refractivity contribution in [1.82, 2.24) is 20.2 Å². The van der Waals surface area contributed by atoms with Gasteiger partial charge in [-0.2, -0.15) is 0 Å². The molecule has 0 saturated carbocycles. The quantitative estimate of drug-likeness (QED) is 0.801. The number of piperazine rings is 1. The highest BCUT2D eigenvalue weighted by molar-refractivity contribution is 6.31. The zero-order valence-corrected chi connectivity index (χ0v) is 16.3. The molecule has 0 aliphatic carbocycles. The van der Waals surface area contributed by atoms with Crippen molar-refractivity contribution in [2.24, 2.45) is 0 Å². The van der Waals surface area contributed by atoms with Gasteiger partial charge in [0.2, 0.25) is 5.82 Å². The normalized spacial score (nSPS) is 22.8. The van der Waals surface area contributed by atoms with Crippen LogP contribution in [0.2, 0.25) is 5.02 Å². The number of aromatic nitrogens is 4. The van der Waals surface area contributed by atoms with Gasteiger partial charge in [0.25, 0.3) is 0 Å². The summed E-state index contributed by atoms with van der Waals surface area (Å²) in [5.41, 5.74) is 0.938. The summed E-state index contributed by atoms with van der Waals surface area (Å²) in [5, 5.41) is 13.5. The molecule has 1 aliphatic heterocycles. The minimum Gasteiger partial charge on any atom is -0.326 e. The molecule has 0 spiro atoms. The van der Waals surface area contributed by atoms with Crippen LogP contribution in [0.1, 0.15) is 45.1 Å². The SMILES string of the molecule is CC[NH+]1CC[NH+]([C@H](c2ccccc2Cl)c2nnnn2C(C)(C)C)CC1. The van der Waals surface area contributed by atoms with Crippen LogP contribution < -0.4 is 9.80 Å². The van der Waals surface area contributed by atoms with E-state index in [0.717, 1.165) is 29.5 Å². The third kappa shape index (κ3) is 3.86. The minimum absolute atomic E-state index is 0.0568. The first-order chi connectivity index (χ1) is 11.9. The van der Waals surface area contributed by atoms with Gasteiger partial charge in [0.15, 0.2) is 6.04 Å². The van der Waals surface area contributed by atoms with Gasteiger partial charge < -0.3 is 9.80 Å². The van der Waals surface area contributed by atoms with E-state index in [4.69, 9.17) is 11.6 Å². The largest absolute Gasteiger partial charge is 0.326 e. The zero-order valence-electron chi connectivity index (χ0n) is 15.6. The fourth-order valence-corrected chi connectivity index (χ4v) is 3.91. The summed E-state index contributed by atoms with van der Waals surface area (Å²) in [6.45, 7) is 14.4. The average molecular weight is 365 g/mol. The second kappa shape index (κ2) is 7.40. The maximum absolute atomic E-state index is 6.58. The van der Waals surface area contributed by atoms with Crippen molar-refractivity contribution in [2.75, 3.05) is 32.7 Å². The van der Waals surface area contributed by atoms with Gasteiger partial charge in [-0.25, -0.2) is 4.68 Å². The number of tetrazole rings is 1. The van der Waals surface area contributed by atoms with Crippen LogP contribution in [0.3, 0.4) is 0 Å². The van der Waals surface area contributed by atoms with E-state index in [1.165, 1.54) is 24.5 Å². The molecule has 1 atom stereocenters. The molecule has 2 heterocycles. The Morgan fingerprint density at radius 3 is 2.44 bits per heavy atom. The molecule has 1 saturated heterocycles. The fourth-order valence-electron chi connectivity index (χ4n) is 3.67. The third-order valence-corrected chi connectivity index (χ3v) is 5.46. The number of rotatable bonds is 4. The van der Waals surface area contributed by atoms with Crippen LogP contribution in [0.4, 0.5) is 0 Å². The minimum atomic E-state index is -0.172. The Morgan fingerprint density at radius 2 is 1.84 bits per heavy atom. The van der Waals surface area contributed by atoms with E-state index >= 15 is 0 Å². The maximum atomic E-state index is 6.58. The number of hydrogen-bond donors (Lipinski definition) is 2. The Bertz CT molecular complexity index is 700. The van der Waals surface area contributed by atoms with Crippen LogP contribution >= 0.6 is 11.6 Å². The molecule has 3 rings (SSSR count). The van der Waals surface area contributed by atoms with E-state index in [-0.39, 0.29) is 11.6 Å². The summed E-state index contributed by atoms with van der Waals surface area (Å²) in [6.07, 6.45) is 0. The fraction of sp³-hybridized carbons (Fsp3) is 0.611. The second-order valence-electron chi connectivity index (χ2n) is 7.84. The van der Waals surface area contributed by atoms with Crippen molar-refractivity contribution in [3.05, 3.63) is 40.7 Å². The van der Waals surface area contributed by atoms with Gasteiger partial charge >= 0.3 is 0 Å². The van der Waals surface area contributed by atoms with E-state index in [1.54, 1.807) is 4.90 Å². The number of halogens is 1. The van der Waals surface area contributed by atoms with Crippen molar-refractivity contribution in [3.63, 3.8) is 0 Å². The predicted molar refractivity (Wildman–Crippen MR) is 98.0 cm³/mol. The molecule has 7 heteroatoms. The number of quaternary nitrogens is 2. The first-order valence-corrected chi connectivity index (χ1v) is 9.51. The van der Waals surface area contributed by atoms with Gasteiger partial charge in [0, 0.05) is 5.56 Å². The summed E-state index contributed by atoms with van der Waals surface area (Å²) in [4.78, 5) is 3.16. The lowest BCUT2D eigenvalue weighted by Gasteiger charge is -2.35. The second-order valence-corrected chi connectivity index (χ2v) is 8.24. The number of nitrogens with zero attached hydrogens (tertiary/aromatic N) is 4. The first-order valence-electron chi connectivity index (χ1n) is 9.13. The number of likely N-dealkylation sites (N-methyl/N-ethyl adjacent to an activating group) is 1. The van der Waals surface area contributed by atoms with Gasteiger partial charge in [-0.3, -0.25) is 0 Å². The van der Waals surface area contributed by atoms with Gasteiger partial charge in [-0.15, -0.1) is 5.10 Å². The summed E-state index contributed by atoms with van der Waals surface area (Å²) in [7, 11) is 0. The molecule has 136 valence electrons. The zero-order chi connectivity index (χ0) is 18.0. The molecule has 2 aromatic rings. The summed E-state index contributed by atoms with van der Waals surface area (Å²) < 4.78 is 1.95. The molecular weight excluding hydrogens is 336 g/mol. The lowest BCUT2D eigenvalue weighted by molar-refractivity contribution is -1.02. The van der Waals surface area contributed by atoms with E-state index in [9.17, 15) is 0 Å². The molecule has 1 aromatic carbocycles. The van der Waals surface area contributed by atoms with E-state index in [2.05, 4.69) is 49.3 Å².